The van der Waals surface area contributed by atoms with E-state index < -0.39 is 71.1 Å². The number of hydrogen-bond acceptors (Lipinski definition) is 13. The summed E-state index contributed by atoms with van der Waals surface area (Å²) in [6.45, 7) is 14.5. The largest absolute Gasteiger partial charge is 0.487 e. The molecule has 0 bridgehead atoms. The van der Waals surface area contributed by atoms with Gasteiger partial charge in [0.15, 0.2) is 24.2 Å². The number of sulfonamides is 1. The van der Waals surface area contributed by atoms with Crippen molar-refractivity contribution in [3.63, 3.8) is 0 Å². The van der Waals surface area contributed by atoms with Crippen LogP contribution in [0.25, 0.3) is 0 Å². The Labute approximate surface area is 333 Å². The second kappa shape index (κ2) is 19.8. The first-order valence-electron chi connectivity index (χ1n) is 18.6. The predicted octanol–water partition coefficient (Wildman–Crippen LogP) is 5.32. The van der Waals surface area contributed by atoms with Crippen LogP contribution in [0.5, 0.6) is 17.2 Å². The molecule has 4 rings (SSSR count). The van der Waals surface area contributed by atoms with Gasteiger partial charge in [0.25, 0.3) is 0 Å². The van der Waals surface area contributed by atoms with Gasteiger partial charge in [0.1, 0.15) is 18.5 Å². The second-order valence-corrected chi connectivity index (χ2v) is 18.5. The molecule has 0 aliphatic carbocycles. The monoisotopic (exact) mass is 821 g/mol. The van der Waals surface area contributed by atoms with Crippen LogP contribution in [0, 0.1) is 5.92 Å². The minimum absolute atomic E-state index is 0.00254. The zero-order valence-electron chi connectivity index (χ0n) is 33.2. The van der Waals surface area contributed by atoms with Crippen molar-refractivity contribution in [1.82, 2.24) is 14.9 Å². The number of thioether (sulfide) groups is 1. The lowest BCUT2D eigenvalue weighted by Crippen LogP contribution is -2.53. The van der Waals surface area contributed by atoms with Crippen LogP contribution in [0.3, 0.4) is 0 Å². The third-order valence-electron chi connectivity index (χ3n) is 8.54. The molecule has 2 aliphatic rings. The molecule has 17 heteroatoms. The quantitative estimate of drug-likeness (QED) is 0.155. The van der Waals surface area contributed by atoms with E-state index in [9.17, 15) is 27.9 Å². The van der Waals surface area contributed by atoms with Crippen molar-refractivity contribution in [3.05, 3.63) is 59.1 Å². The summed E-state index contributed by atoms with van der Waals surface area (Å²) >= 11 is 1.72. The van der Waals surface area contributed by atoms with Gasteiger partial charge in [-0.05, 0) is 88.6 Å². The van der Waals surface area contributed by atoms with Crippen molar-refractivity contribution >= 4 is 39.8 Å². The van der Waals surface area contributed by atoms with Gasteiger partial charge < -0.3 is 44.2 Å². The molecule has 0 aromatic heterocycles. The van der Waals surface area contributed by atoms with Gasteiger partial charge in [-0.3, -0.25) is 0 Å². The highest BCUT2D eigenvalue weighted by molar-refractivity contribution is 8.02. The Hall–Kier alpha value is -4.19. The molecular weight excluding hydrogens is 767 g/mol. The Balaban J connectivity index is 1.59. The van der Waals surface area contributed by atoms with E-state index in [1.54, 1.807) is 70.6 Å². The lowest BCUT2D eigenvalue weighted by atomic mass is 10.0. The van der Waals surface area contributed by atoms with E-state index >= 15 is 0 Å². The van der Waals surface area contributed by atoms with E-state index in [4.69, 9.17) is 28.4 Å². The maximum atomic E-state index is 14.2. The number of rotatable bonds is 19. The first kappa shape index (κ1) is 44.5. The number of carbonyl (C=O) groups is 3. The molecular formula is C39H55N3O12S2. The maximum absolute atomic E-state index is 14.2. The van der Waals surface area contributed by atoms with Crippen LogP contribution >= 0.6 is 11.8 Å². The van der Waals surface area contributed by atoms with Crippen LogP contribution < -0.4 is 24.8 Å². The molecule has 1 amide bonds. The average Bonchev–Trinajstić information content (AvgIpc) is 3.59. The topological polar surface area (TPSA) is 188 Å². The van der Waals surface area contributed by atoms with Gasteiger partial charge in [0.05, 0.1) is 28.8 Å². The van der Waals surface area contributed by atoms with E-state index in [1.165, 1.54) is 18.2 Å². The molecule has 15 nitrogen and oxygen atoms in total. The van der Waals surface area contributed by atoms with E-state index in [1.807, 2.05) is 19.3 Å². The second-order valence-electron chi connectivity index (χ2n) is 15.3. The van der Waals surface area contributed by atoms with Gasteiger partial charge in [-0.2, -0.15) is 4.31 Å². The Morgan fingerprint density at radius 3 is 2.36 bits per heavy atom. The minimum Gasteiger partial charge on any atom is -0.487 e. The van der Waals surface area contributed by atoms with Gasteiger partial charge in [-0.15, -0.1) is 11.8 Å². The van der Waals surface area contributed by atoms with Gasteiger partial charge in [0.2, 0.25) is 16.8 Å². The van der Waals surface area contributed by atoms with Crippen LogP contribution in [-0.4, -0.2) is 104 Å². The standard InChI is InChI=1S/C39H55N3O12S2/c1-24(2)15-34(54-39(6,7)8)37(44)50-21-36(43)53-35(19-42(25(3)4)56(47,48)30-13-14-32-33(17-30)52-23-51-32)31(41-38(45)46)16-27-9-11-29(12-10-27)49-20-28-22-55-26(5)18-40-28/h9-14,17,22,24-26,31,34-35,40-41H,15-16,18-21,23H2,1-8H3,(H,45,46)/t26?,31-,34-,35?/m0/s1. The summed E-state index contributed by atoms with van der Waals surface area (Å²) in [5.74, 6) is -0.460. The first-order valence-corrected chi connectivity index (χ1v) is 20.9. The van der Waals surface area contributed by atoms with E-state index in [0.717, 1.165) is 16.5 Å². The van der Waals surface area contributed by atoms with Gasteiger partial charge in [-0.25, -0.2) is 22.8 Å². The molecule has 2 unspecified atom stereocenters. The number of benzene rings is 2. The van der Waals surface area contributed by atoms with Crippen LogP contribution in [0.2, 0.25) is 0 Å². The smallest absolute Gasteiger partial charge is 0.405 e. The number of esters is 2. The SMILES string of the molecule is CC(C)C[C@H](OC(C)(C)C)C(=O)OCC(=O)OC(CN(C(C)C)S(=O)(=O)c1ccc2c(c1)OCO2)[C@H](Cc1ccc(OCC2=CSC(C)CN2)cc1)NC(=O)O. The highest BCUT2D eigenvalue weighted by atomic mass is 32.2. The highest BCUT2D eigenvalue weighted by Crippen LogP contribution is 2.35. The summed E-state index contributed by atoms with van der Waals surface area (Å²) in [6.07, 6.45) is -3.42. The molecule has 310 valence electrons. The lowest BCUT2D eigenvalue weighted by Gasteiger charge is -2.33. The number of amides is 1. The number of nitrogens with one attached hydrogen (secondary N) is 2. The van der Waals surface area contributed by atoms with Crippen LogP contribution in [0.4, 0.5) is 4.79 Å². The van der Waals surface area contributed by atoms with Crippen molar-refractivity contribution in [3.8, 4) is 17.2 Å². The lowest BCUT2D eigenvalue weighted by molar-refractivity contribution is -0.176. The van der Waals surface area contributed by atoms with Crippen molar-refractivity contribution in [2.24, 2.45) is 5.92 Å². The summed E-state index contributed by atoms with van der Waals surface area (Å²) in [7, 11) is -4.28. The predicted molar refractivity (Wildman–Crippen MR) is 210 cm³/mol. The summed E-state index contributed by atoms with van der Waals surface area (Å²) < 4.78 is 63.2. The molecule has 4 atom stereocenters. The summed E-state index contributed by atoms with van der Waals surface area (Å²) in [5.41, 5.74) is 0.935. The highest BCUT2D eigenvalue weighted by Gasteiger charge is 2.37. The molecule has 0 radical (unpaired) electrons. The summed E-state index contributed by atoms with van der Waals surface area (Å²) in [6, 6.07) is 9.36. The van der Waals surface area contributed by atoms with Crippen LogP contribution in [0.15, 0.2) is 58.5 Å². The molecule has 0 saturated heterocycles. The third-order valence-corrected chi connectivity index (χ3v) is 11.6. The van der Waals surface area contributed by atoms with E-state index in [0.29, 0.717) is 35.3 Å². The molecule has 2 heterocycles. The Kier molecular flexibility index (Phi) is 15.7. The zero-order valence-corrected chi connectivity index (χ0v) is 34.9. The normalized spacial score (nSPS) is 17.1. The molecule has 0 saturated carbocycles. The molecule has 0 spiro atoms. The summed E-state index contributed by atoms with van der Waals surface area (Å²) in [5, 5.41) is 18.2. The number of nitrogens with zero attached hydrogens (tertiary/aromatic N) is 1. The molecule has 2 aliphatic heterocycles. The van der Waals surface area contributed by atoms with Crippen LogP contribution in [-0.2, 0) is 40.2 Å². The fraction of sp³-hybridized carbons (Fsp3) is 0.564. The number of carbonyl (C=O) groups excluding carboxylic acids is 2. The Bertz CT molecular complexity index is 1790. The van der Waals surface area contributed by atoms with Crippen molar-refractivity contribution in [1.29, 1.82) is 0 Å². The van der Waals surface area contributed by atoms with E-state index in [2.05, 4.69) is 17.6 Å². The van der Waals surface area contributed by atoms with Gasteiger partial charge in [-0.1, -0.05) is 32.9 Å². The molecule has 0 fully saturated rings. The van der Waals surface area contributed by atoms with Crippen molar-refractivity contribution in [2.75, 3.05) is 33.1 Å². The van der Waals surface area contributed by atoms with E-state index in [-0.39, 0.29) is 29.8 Å². The number of ether oxygens (including phenoxy) is 6. The maximum Gasteiger partial charge on any atom is 0.405 e. The van der Waals surface area contributed by atoms with Crippen molar-refractivity contribution < 1.29 is 56.3 Å². The molecule has 3 N–H and O–H groups in total. The third kappa shape index (κ3) is 13.5. The van der Waals surface area contributed by atoms with Gasteiger partial charge >= 0.3 is 18.0 Å². The number of carboxylic acid groups (broad SMARTS) is 1. The Morgan fingerprint density at radius 2 is 1.75 bits per heavy atom. The van der Waals surface area contributed by atoms with Gasteiger partial charge in [0, 0.05) is 23.9 Å². The molecule has 2 aromatic rings. The molecule has 56 heavy (non-hydrogen) atoms. The first-order chi connectivity index (χ1) is 26.3. The van der Waals surface area contributed by atoms with Crippen LogP contribution in [0.1, 0.15) is 67.4 Å². The number of fused-ring (bicyclic) bond motifs is 1. The zero-order chi connectivity index (χ0) is 41.2. The minimum atomic E-state index is -4.28. The van der Waals surface area contributed by atoms with Crippen molar-refractivity contribution in [2.45, 2.75) is 108 Å². The fourth-order valence-corrected chi connectivity index (χ4v) is 8.27. The Morgan fingerprint density at radius 1 is 1.05 bits per heavy atom. The summed E-state index contributed by atoms with van der Waals surface area (Å²) in [4.78, 5) is 38.7. The molecule has 2 aromatic carbocycles. The number of hydrogen-bond donors (Lipinski definition) is 3. The fourth-order valence-electron chi connectivity index (χ4n) is 5.88. The average molecular weight is 822 g/mol.